The van der Waals surface area contributed by atoms with Crippen LogP contribution in [0, 0.1) is 17.0 Å². The quantitative estimate of drug-likeness (QED) is 0.648. The molecule has 0 aliphatic heterocycles. The minimum absolute atomic E-state index is 0.0122. The van der Waals surface area contributed by atoms with E-state index in [4.69, 9.17) is 15.2 Å². The van der Waals surface area contributed by atoms with Crippen molar-refractivity contribution in [2.75, 3.05) is 6.61 Å². The monoisotopic (exact) mass is 266 g/mol. The molecule has 1 aliphatic rings. The standard InChI is InChI=1S/C13H18N2O4/c1-3-18-13-9(14)7-11(13)19-10-6-4-5-8(2)12(10)15(16)17/h4-6,9,11,13H,3,7,14H2,1-2H3. The number of hydrogen-bond acceptors (Lipinski definition) is 5. The Balaban J connectivity index is 2.16. The highest BCUT2D eigenvalue weighted by Crippen LogP contribution is 2.35. The maximum atomic E-state index is 11.1. The number of para-hydroxylation sites is 1. The normalized spacial score (nSPS) is 25.7. The summed E-state index contributed by atoms with van der Waals surface area (Å²) in [5.74, 6) is 0.284. The number of ether oxygens (including phenoxy) is 2. The van der Waals surface area contributed by atoms with E-state index in [1.54, 1.807) is 25.1 Å². The molecular weight excluding hydrogens is 248 g/mol. The molecule has 6 heteroatoms. The number of rotatable bonds is 5. The van der Waals surface area contributed by atoms with Gasteiger partial charge < -0.3 is 15.2 Å². The molecular formula is C13H18N2O4. The summed E-state index contributed by atoms with van der Waals surface area (Å²) in [7, 11) is 0. The first-order valence-electron chi connectivity index (χ1n) is 6.32. The Morgan fingerprint density at radius 1 is 1.53 bits per heavy atom. The van der Waals surface area contributed by atoms with Crippen molar-refractivity contribution in [2.24, 2.45) is 5.73 Å². The summed E-state index contributed by atoms with van der Waals surface area (Å²) in [5.41, 5.74) is 6.44. The second kappa shape index (κ2) is 5.54. The van der Waals surface area contributed by atoms with Crippen molar-refractivity contribution < 1.29 is 14.4 Å². The van der Waals surface area contributed by atoms with Crippen LogP contribution in [0.2, 0.25) is 0 Å². The largest absolute Gasteiger partial charge is 0.481 e. The van der Waals surface area contributed by atoms with Gasteiger partial charge in [0.2, 0.25) is 0 Å². The SMILES string of the molecule is CCOC1C(N)CC1Oc1cccc(C)c1[N+](=O)[O-]. The molecule has 0 heterocycles. The van der Waals surface area contributed by atoms with Crippen LogP contribution >= 0.6 is 0 Å². The number of benzene rings is 1. The topological polar surface area (TPSA) is 87.6 Å². The molecule has 3 atom stereocenters. The first-order valence-corrected chi connectivity index (χ1v) is 6.32. The van der Waals surface area contributed by atoms with Gasteiger partial charge in [-0.05, 0) is 19.9 Å². The second-order valence-electron chi connectivity index (χ2n) is 4.65. The van der Waals surface area contributed by atoms with Crippen LogP contribution in [0.15, 0.2) is 18.2 Å². The average Bonchev–Trinajstić information content (AvgIpc) is 2.35. The van der Waals surface area contributed by atoms with E-state index in [-0.39, 0.29) is 29.7 Å². The molecule has 0 aromatic heterocycles. The lowest BCUT2D eigenvalue weighted by molar-refractivity contribution is -0.386. The zero-order valence-corrected chi connectivity index (χ0v) is 11.0. The molecule has 0 bridgehead atoms. The average molecular weight is 266 g/mol. The molecule has 2 N–H and O–H groups in total. The third-order valence-corrected chi connectivity index (χ3v) is 3.31. The van der Waals surface area contributed by atoms with Gasteiger partial charge in [-0.3, -0.25) is 10.1 Å². The van der Waals surface area contributed by atoms with E-state index in [9.17, 15) is 10.1 Å². The molecule has 0 saturated heterocycles. The number of hydrogen-bond donors (Lipinski definition) is 1. The molecule has 1 fully saturated rings. The number of aryl methyl sites for hydroxylation is 1. The molecule has 6 nitrogen and oxygen atoms in total. The highest BCUT2D eigenvalue weighted by Gasteiger charge is 2.42. The minimum Gasteiger partial charge on any atom is -0.481 e. The first-order chi connectivity index (χ1) is 9.04. The highest BCUT2D eigenvalue weighted by atomic mass is 16.6. The fraction of sp³-hybridized carbons (Fsp3) is 0.538. The van der Waals surface area contributed by atoms with Crippen molar-refractivity contribution in [3.63, 3.8) is 0 Å². The summed E-state index contributed by atoms with van der Waals surface area (Å²) < 4.78 is 11.2. The molecule has 104 valence electrons. The number of nitro benzene ring substituents is 1. The molecule has 0 radical (unpaired) electrons. The molecule has 3 unspecified atom stereocenters. The fourth-order valence-corrected chi connectivity index (χ4v) is 2.28. The number of nitro groups is 1. The van der Waals surface area contributed by atoms with Gasteiger partial charge in [-0.15, -0.1) is 0 Å². The van der Waals surface area contributed by atoms with Crippen LogP contribution in [-0.2, 0) is 4.74 Å². The van der Waals surface area contributed by atoms with Crippen molar-refractivity contribution in [2.45, 2.75) is 38.5 Å². The van der Waals surface area contributed by atoms with Gasteiger partial charge in [0.05, 0.1) is 4.92 Å². The summed E-state index contributed by atoms with van der Waals surface area (Å²) in [4.78, 5) is 10.7. The maximum Gasteiger partial charge on any atom is 0.313 e. The van der Waals surface area contributed by atoms with Gasteiger partial charge in [0.15, 0.2) is 5.75 Å². The van der Waals surface area contributed by atoms with E-state index >= 15 is 0 Å². The van der Waals surface area contributed by atoms with Gasteiger partial charge >= 0.3 is 5.69 Å². The third kappa shape index (κ3) is 2.69. The van der Waals surface area contributed by atoms with Crippen molar-refractivity contribution in [1.82, 2.24) is 0 Å². The van der Waals surface area contributed by atoms with E-state index in [0.29, 0.717) is 18.6 Å². The Morgan fingerprint density at radius 2 is 2.26 bits per heavy atom. The van der Waals surface area contributed by atoms with E-state index < -0.39 is 4.92 Å². The molecule has 1 aliphatic carbocycles. The van der Waals surface area contributed by atoms with E-state index in [1.807, 2.05) is 6.92 Å². The molecule has 1 aromatic rings. The summed E-state index contributed by atoms with van der Waals surface area (Å²) in [6.07, 6.45) is 0.246. The van der Waals surface area contributed by atoms with Crippen LogP contribution in [0.25, 0.3) is 0 Å². The molecule has 1 aromatic carbocycles. The van der Waals surface area contributed by atoms with Crippen molar-refractivity contribution in [3.8, 4) is 5.75 Å². The third-order valence-electron chi connectivity index (χ3n) is 3.31. The Morgan fingerprint density at radius 3 is 2.84 bits per heavy atom. The predicted molar refractivity (Wildman–Crippen MR) is 70.3 cm³/mol. The lowest BCUT2D eigenvalue weighted by Crippen LogP contribution is -2.59. The Labute approximate surface area is 111 Å². The Hall–Kier alpha value is -1.66. The second-order valence-corrected chi connectivity index (χ2v) is 4.65. The fourth-order valence-electron chi connectivity index (χ4n) is 2.28. The lowest BCUT2D eigenvalue weighted by atomic mass is 9.86. The van der Waals surface area contributed by atoms with Crippen LogP contribution in [0.5, 0.6) is 5.75 Å². The van der Waals surface area contributed by atoms with Crippen LogP contribution in [-0.4, -0.2) is 29.8 Å². The minimum atomic E-state index is -0.418. The number of nitrogens with two attached hydrogens (primary N) is 1. The van der Waals surface area contributed by atoms with Crippen LogP contribution in [0.1, 0.15) is 18.9 Å². The van der Waals surface area contributed by atoms with Crippen LogP contribution in [0.4, 0.5) is 5.69 Å². The van der Waals surface area contributed by atoms with Gasteiger partial charge in [0, 0.05) is 24.6 Å². The van der Waals surface area contributed by atoms with Gasteiger partial charge in [0.1, 0.15) is 12.2 Å². The first kappa shape index (κ1) is 13.8. The van der Waals surface area contributed by atoms with Gasteiger partial charge in [-0.25, -0.2) is 0 Å². The molecule has 0 spiro atoms. The molecule has 2 rings (SSSR count). The Bertz CT molecular complexity index is 478. The van der Waals surface area contributed by atoms with Crippen molar-refractivity contribution >= 4 is 5.69 Å². The maximum absolute atomic E-state index is 11.1. The van der Waals surface area contributed by atoms with Crippen molar-refractivity contribution in [3.05, 3.63) is 33.9 Å². The van der Waals surface area contributed by atoms with Crippen LogP contribution < -0.4 is 10.5 Å². The van der Waals surface area contributed by atoms with Gasteiger partial charge in [-0.2, -0.15) is 0 Å². The zero-order valence-electron chi connectivity index (χ0n) is 11.0. The van der Waals surface area contributed by atoms with E-state index in [1.165, 1.54) is 0 Å². The van der Waals surface area contributed by atoms with Crippen LogP contribution in [0.3, 0.4) is 0 Å². The van der Waals surface area contributed by atoms with E-state index in [0.717, 1.165) is 0 Å². The number of nitrogens with zero attached hydrogens (tertiary/aromatic N) is 1. The van der Waals surface area contributed by atoms with E-state index in [2.05, 4.69) is 0 Å². The summed E-state index contributed by atoms with van der Waals surface area (Å²) in [6.45, 7) is 4.13. The summed E-state index contributed by atoms with van der Waals surface area (Å²) in [5, 5.41) is 11.1. The van der Waals surface area contributed by atoms with Crippen molar-refractivity contribution in [1.29, 1.82) is 0 Å². The summed E-state index contributed by atoms with van der Waals surface area (Å²) in [6, 6.07) is 4.98. The molecule has 19 heavy (non-hydrogen) atoms. The predicted octanol–water partition coefficient (Wildman–Crippen LogP) is 1.79. The summed E-state index contributed by atoms with van der Waals surface area (Å²) >= 11 is 0. The lowest BCUT2D eigenvalue weighted by Gasteiger charge is -2.41. The Kier molecular flexibility index (Phi) is 4.01. The molecule has 0 amide bonds. The van der Waals surface area contributed by atoms with Gasteiger partial charge in [0.25, 0.3) is 0 Å². The highest BCUT2D eigenvalue weighted by molar-refractivity contribution is 5.52. The smallest absolute Gasteiger partial charge is 0.313 e. The zero-order chi connectivity index (χ0) is 14.0. The van der Waals surface area contributed by atoms with Gasteiger partial charge in [-0.1, -0.05) is 12.1 Å². The molecule has 1 saturated carbocycles.